The second kappa shape index (κ2) is 10.8. The van der Waals surface area contributed by atoms with Crippen LogP contribution in [0.4, 0.5) is 5.69 Å². The van der Waals surface area contributed by atoms with E-state index in [1.807, 2.05) is 22.6 Å². The highest BCUT2D eigenvalue weighted by Gasteiger charge is 2.43. The van der Waals surface area contributed by atoms with E-state index in [2.05, 4.69) is 6.07 Å². The standard InChI is InChI=1S/C24H19ClIN3O6/c1-33-22(30)13-9-10-15(19(26)18(13)25)29-20(24(32)35-3)17(23(31)34-2)16(14(11-27)21(29)28)12-7-5-4-6-8-12/h4-10,16H,28H2,1-3H3. The molecule has 180 valence electrons. The van der Waals surface area contributed by atoms with Crippen molar-refractivity contribution in [1.29, 1.82) is 5.26 Å². The predicted octanol–water partition coefficient (Wildman–Crippen LogP) is 3.63. The molecule has 2 aromatic carbocycles. The quantitative estimate of drug-likeness (QED) is 0.307. The number of nitriles is 1. The van der Waals surface area contributed by atoms with Crippen molar-refractivity contribution in [3.63, 3.8) is 0 Å². The van der Waals surface area contributed by atoms with Crippen molar-refractivity contribution >= 4 is 57.8 Å². The lowest BCUT2D eigenvalue weighted by molar-refractivity contribution is -0.139. The number of hydrogen-bond acceptors (Lipinski definition) is 9. The van der Waals surface area contributed by atoms with Crippen molar-refractivity contribution in [2.24, 2.45) is 5.73 Å². The van der Waals surface area contributed by atoms with Crippen molar-refractivity contribution in [1.82, 2.24) is 0 Å². The first-order chi connectivity index (χ1) is 16.7. The molecule has 0 bridgehead atoms. The van der Waals surface area contributed by atoms with Crippen LogP contribution in [0.5, 0.6) is 0 Å². The van der Waals surface area contributed by atoms with Gasteiger partial charge in [-0.2, -0.15) is 5.26 Å². The number of ether oxygens (including phenoxy) is 3. The summed E-state index contributed by atoms with van der Waals surface area (Å²) in [6.07, 6.45) is 0. The molecule has 0 aromatic heterocycles. The van der Waals surface area contributed by atoms with Gasteiger partial charge in [-0.1, -0.05) is 41.9 Å². The number of nitrogens with two attached hydrogens (primary N) is 1. The number of hydrogen-bond donors (Lipinski definition) is 1. The smallest absolute Gasteiger partial charge is 0.355 e. The zero-order valence-electron chi connectivity index (χ0n) is 18.8. The van der Waals surface area contributed by atoms with Crippen molar-refractivity contribution in [2.75, 3.05) is 26.2 Å². The van der Waals surface area contributed by atoms with Crippen LogP contribution in [-0.4, -0.2) is 39.2 Å². The van der Waals surface area contributed by atoms with Gasteiger partial charge in [-0.15, -0.1) is 0 Å². The molecule has 1 aliphatic rings. The highest BCUT2D eigenvalue weighted by atomic mass is 127. The highest BCUT2D eigenvalue weighted by Crippen LogP contribution is 2.45. The maximum atomic E-state index is 13.1. The molecule has 11 heteroatoms. The normalized spacial score (nSPS) is 15.4. The average Bonchev–Trinajstić information content (AvgIpc) is 2.88. The van der Waals surface area contributed by atoms with Gasteiger partial charge in [0, 0.05) is 0 Å². The van der Waals surface area contributed by atoms with Crippen LogP contribution >= 0.6 is 34.2 Å². The number of allylic oxidation sites excluding steroid dienone is 1. The van der Waals surface area contributed by atoms with Gasteiger partial charge in [-0.3, -0.25) is 4.90 Å². The molecular formula is C24H19ClIN3O6. The van der Waals surface area contributed by atoms with Gasteiger partial charge in [0.2, 0.25) is 0 Å². The van der Waals surface area contributed by atoms with Crippen LogP contribution in [0.1, 0.15) is 21.8 Å². The van der Waals surface area contributed by atoms with E-state index in [1.54, 1.807) is 30.3 Å². The van der Waals surface area contributed by atoms with Gasteiger partial charge in [-0.05, 0) is 40.3 Å². The number of nitrogens with zero attached hydrogens (tertiary/aromatic N) is 2. The van der Waals surface area contributed by atoms with Gasteiger partial charge >= 0.3 is 17.9 Å². The maximum absolute atomic E-state index is 13.1. The number of carbonyl (C=O) groups is 3. The van der Waals surface area contributed by atoms with E-state index < -0.39 is 23.8 Å². The summed E-state index contributed by atoms with van der Waals surface area (Å²) < 4.78 is 15.1. The Morgan fingerprint density at radius 2 is 1.60 bits per heavy atom. The van der Waals surface area contributed by atoms with E-state index in [-0.39, 0.29) is 38.9 Å². The fourth-order valence-electron chi connectivity index (χ4n) is 3.74. The van der Waals surface area contributed by atoms with Crippen LogP contribution in [0.2, 0.25) is 5.02 Å². The molecule has 3 rings (SSSR count). The Bertz CT molecular complexity index is 1320. The Morgan fingerprint density at radius 1 is 1.00 bits per heavy atom. The minimum absolute atomic E-state index is 0.00761. The molecule has 0 spiro atoms. The largest absolute Gasteiger partial charge is 0.466 e. The molecular weight excluding hydrogens is 589 g/mol. The molecule has 1 atom stereocenters. The SMILES string of the molecule is COC(=O)C1=C(C(=O)OC)N(c2ccc(C(=O)OC)c(Cl)c2I)C(N)=C(C#N)C1c1ccccc1. The molecule has 0 saturated carbocycles. The van der Waals surface area contributed by atoms with Gasteiger partial charge in [0.25, 0.3) is 0 Å². The Kier molecular flexibility index (Phi) is 8.03. The molecule has 9 nitrogen and oxygen atoms in total. The first kappa shape index (κ1) is 26.1. The third-order valence-corrected chi connectivity index (χ3v) is 7.12. The predicted molar refractivity (Wildman–Crippen MR) is 135 cm³/mol. The number of halogens is 2. The molecule has 1 aliphatic heterocycles. The summed E-state index contributed by atoms with van der Waals surface area (Å²) in [5, 5.41) is 10.1. The third kappa shape index (κ3) is 4.56. The molecule has 2 aromatic rings. The summed E-state index contributed by atoms with van der Waals surface area (Å²) in [7, 11) is 3.53. The van der Waals surface area contributed by atoms with Crippen molar-refractivity contribution < 1.29 is 28.6 Å². The summed E-state index contributed by atoms with van der Waals surface area (Å²) in [6, 6.07) is 13.6. The van der Waals surface area contributed by atoms with E-state index in [0.717, 1.165) is 14.2 Å². The fourth-order valence-corrected chi connectivity index (χ4v) is 4.69. The van der Waals surface area contributed by atoms with Crippen molar-refractivity contribution in [3.05, 3.63) is 84.8 Å². The first-order valence-corrected chi connectivity index (χ1v) is 11.4. The molecule has 0 fully saturated rings. The fraction of sp³-hybridized carbons (Fsp3) is 0.167. The van der Waals surface area contributed by atoms with Gasteiger partial charge in [0.1, 0.15) is 11.5 Å². The second-order valence-corrected chi connectivity index (χ2v) is 8.54. The summed E-state index contributed by atoms with van der Waals surface area (Å²) in [5.41, 5.74) is 6.96. The molecule has 0 radical (unpaired) electrons. The number of anilines is 1. The lowest BCUT2D eigenvalue weighted by atomic mass is 9.81. The topological polar surface area (TPSA) is 132 Å². The number of methoxy groups -OCH3 is 3. The van der Waals surface area contributed by atoms with Crippen LogP contribution in [0.25, 0.3) is 0 Å². The van der Waals surface area contributed by atoms with Crippen LogP contribution in [0, 0.1) is 14.9 Å². The van der Waals surface area contributed by atoms with Crippen molar-refractivity contribution in [3.8, 4) is 6.07 Å². The van der Waals surface area contributed by atoms with Gasteiger partial charge < -0.3 is 19.9 Å². The van der Waals surface area contributed by atoms with E-state index in [0.29, 0.717) is 9.13 Å². The molecule has 1 heterocycles. The van der Waals surface area contributed by atoms with E-state index in [9.17, 15) is 19.6 Å². The number of rotatable bonds is 5. The highest BCUT2D eigenvalue weighted by molar-refractivity contribution is 14.1. The second-order valence-electron chi connectivity index (χ2n) is 7.09. The minimum atomic E-state index is -0.999. The third-order valence-electron chi connectivity index (χ3n) is 5.32. The Balaban J connectivity index is 2.43. The monoisotopic (exact) mass is 607 g/mol. The zero-order chi connectivity index (χ0) is 25.9. The summed E-state index contributed by atoms with van der Waals surface area (Å²) in [6.45, 7) is 0. The first-order valence-electron chi connectivity index (χ1n) is 9.95. The lowest BCUT2D eigenvalue weighted by Crippen LogP contribution is -2.41. The van der Waals surface area contributed by atoms with Crippen LogP contribution in [0.15, 0.2) is 65.1 Å². The van der Waals surface area contributed by atoms with E-state index >= 15 is 0 Å². The van der Waals surface area contributed by atoms with Crippen molar-refractivity contribution in [2.45, 2.75) is 5.92 Å². The molecule has 0 amide bonds. The molecule has 0 saturated heterocycles. The van der Waals surface area contributed by atoms with E-state index in [1.165, 1.54) is 24.1 Å². The maximum Gasteiger partial charge on any atom is 0.355 e. The zero-order valence-corrected chi connectivity index (χ0v) is 21.7. The number of esters is 3. The number of carbonyl (C=O) groups excluding carboxylic acids is 3. The van der Waals surface area contributed by atoms with Gasteiger partial charge in [0.05, 0.1) is 64.3 Å². The van der Waals surface area contributed by atoms with Gasteiger partial charge in [0.15, 0.2) is 0 Å². The molecule has 0 aliphatic carbocycles. The van der Waals surface area contributed by atoms with Crippen LogP contribution in [-0.2, 0) is 23.8 Å². The lowest BCUT2D eigenvalue weighted by Gasteiger charge is -2.36. The summed E-state index contributed by atoms with van der Waals surface area (Å²) >= 11 is 8.31. The Hall–Kier alpha value is -3.56. The van der Waals surface area contributed by atoms with Crippen LogP contribution < -0.4 is 10.6 Å². The summed E-state index contributed by atoms with van der Waals surface area (Å²) in [5.74, 6) is -3.52. The van der Waals surface area contributed by atoms with E-state index in [4.69, 9.17) is 31.5 Å². The summed E-state index contributed by atoms with van der Waals surface area (Å²) in [4.78, 5) is 39.5. The average molecular weight is 608 g/mol. The molecule has 2 N–H and O–H groups in total. The number of benzene rings is 2. The van der Waals surface area contributed by atoms with Gasteiger partial charge in [-0.25, -0.2) is 14.4 Å². The minimum Gasteiger partial charge on any atom is -0.466 e. The Morgan fingerprint density at radius 3 is 2.14 bits per heavy atom. The molecule has 35 heavy (non-hydrogen) atoms. The molecule has 1 unspecified atom stereocenters. The Labute approximate surface area is 219 Å². The van der Waals surface area contributed by atoms with Crippen LogP contribution in [0.3, 0.4) is 0 Å².